The van der Waals surface area contributed by atoms with Crippen LogP contribution in [-0.4, -0.2) is 38.2 Å². The molecule has 33 heavy (non-hydrogen) atoms. The quantitative estimate of drug-likeness (QED) is 0.272. The van der Waals surface area contributed by atoms with Gasteiger partial charge in [0.15, 0.2) is 5.78 Å². The predicted octanol–water partition coefficient (Wildman–Crippen LogP) is 5.69. The number of hydrogen-bond acceptors (Lipinski definition) is 4. The Morgan fingerprint density at radius 3 is 1.61 bits per heavy atom. The maximum Gasteiger partial charge on any atom is 0.264 e. The molecule has 0 saturated heterocycles. The van der Waals surface area contributed by atoms with Crippen molar-refractivity contribution in [2.24, 2.45) is 0 Å². The van der Waals surface area contributed by atoms with Gasteiger partial charge in [-0.2, -0.15) is 8.42 Å². The molecule has 0 heterocycles. The Hall–Kier alpha value is -2.80. The maximum absolute atomic E-state index is 10.6. The van der Waals surface area contributed by atoms with Crippen molar-refractivity contribution in [1.29, 1.82) is 0 Å². The van der Waals surface area contributed by atoms with Crippen LogP contribution < -0.4 is 0 Å². The fraction of sp³-hybridized carbons (Fsp3) is 0.296. The van der Waals surface area contributed by atoms with Crippen molar-refractivity contribution in [3.63, 3.8) is 0 Å². The number of hydrogen-bond donors (Lipinski definition) is 1. The molecule has 0 aliphatic heterocycles. The van der Waals surface area contributed by atoms with Crippen LogP contribution in [0, 0.1) is 13.8 Å². The fourth-order valence-corrected chi connectivity index (χ4v) is 3.19. The standard InChI is InChI=1S/C15H16.C8H8O.C4H10O4S/c1-12-3-7-14(8-4-12)11-15-9-5-13(2)6-10-15;1-7(9)8-5-3-2-4-6-8;1-8-3-2-4-9(5,6)7/h3-10H,11H2,1-2H3;2-6H,1H3;2-4H2,1H3,(H,5,6,7). The van der Waals surface area contributed by atoms with E-state index in [0.29, 0.717) is 13.0 Å². The summed E-state index contributed by atoms with van der Waals surface area (Å²) in [6.07, 6.45) is 1.37. The van der Waals surface area contributed by atoms with Gasteiger partial charge in [-0.25, -0.2) is 0 Å². The van der Waals surface area contributed by atoms with E-state index in [0.717, 1.165) is 12.0 Å². The first-order valence-corrected chi connectivity index (χ1v) is 12.3. The number of aryl methyl sites for hydroxylation is 2. The van der Waals surface area contributed by atoms with Crippen molar-refractivity contribution in [3.05, 3.63) is 107 Å². The number of benzene rings is 3. The molecule has 3 rings (SSSR count). The lowest BCUT2D eigenvalue weighted by Gasteiger charge is -2.03. The lowest BCUT2D eigenvalue weighted by atomic mass is 10.0. The molecule has 6 heteroatoms. The van der Waals surface area contributed by atoms with Gasteiger partial charge in [-0.15, -0.1) is 0 Å². The summed E-state index contributed by atoms with van der Waals surface area (Å²) >= 11 is 0. The van der Waals surface area contributed by atoms with Crippen LogP contribution in [0.2, 0.25) is 0 Å². The van der Waals surface area contributed by atoms with Gasteiger partial charge in [-0.3, -0.25) is 9.35 Å². The summed E-state index contributed by atoms with van der Waals surface area (Å²) in [5.74, 6) is -0.100. The van der Waals surface area contributed by atoms with Crippen LogP contribution in [0.25, 0.3) is 0 Å². The molecule has 0 fully saturated rings. The summed E-state index contributed by atoms with van der Waals surface area (Å²) in [5, 5.41) is 0. The van der Waals surface area contributed by atoms with E-state index in [-0.39, 0.29) is 11.5 Å². The zero-order valence-electron chi connectivity index (χ0n) is 19.8. The van der Waals surface area contributed by atoms with Gasteiger partial charge in [0.1, 0.15) is 0 Å². The van der Waals surface area contributed by atoms with Crippen molar-refractivity contribution < 1.29 is 22.5 Å². The number of carbonyl (C=O) groups is 1. The maximum atomic E-state index is 10.6. The van der Waals surface area contributed by atoms with Gasteiger partial charge in [0, 0.05) is 19.3 Å². The Kier molecular flexibility index (Phi) is 12.9. The van der Waals surface area contributed by atoms with E-state index in [2.05, 4.69) is 67.1 Å². The monoisotopic (exact) mass is 470 g/mol. The van der Waals surface area contributed by atoms with E-state index < -0.39 is 10.1 Å². The molecule has 0 unspecified atom stereocenters. The Morgan fingerprint density at radius 2 is 1.27 bits per heavy atom. The molecule has 3 aromatic carbocycles. The van der Waals surface area contributed by atoms with Crippen molar-refractivity contribution in [2.75, 3.05) is 19.5 Å². The van der Waals surface area contributed by atoms with E-state index in [1.54, 1.807) is 6.92 Å². The summed E-state index contributed by atoms with van der Waals surface area (Å²) in [7, 11) is -2.30. The van der Waals surface area contributed by atoms with Crippen molar-refractivity contribution >= 4 is 15.9 Å². The summed E-state index contributed by atoms with van der Waals surface area (Å²) < 4.78 is 32.7. The third-order valence-corrected chi connectivity index (χ3v) is 5.39. The van der Waals surface area contributed by atoms with Gasteiger partial charge in [0.05, 0.1) is 5.75 Å². The fourth-order valence-electron chi connectivity index (χ4n) is 2.71. The molecule has 0 bridgehead atoms. The van der Waals surface area contributed by atoms with Crippen LogP contribution in [0.5, 0.6) is 0 Å². The van der Waals surface area contributed by atoms with Gasteiger partial charge in [0.25, 0.3) is 10.1 Å². The average Bonchev–Trinajstić information content (AvgIpc) is 2.78. The molecule has 178 valence electrons. The first kappa shape index (κ1) is 28.2. The van der Waals surface area contributed by atoms with Crippen LogP contribution >= 0.6 is 0 Å². The van der Waals surface area contributed by atoms with Crippen LogP contribution in [0.1, 0.15) is 46.0 Å². The number of ketones is 1. The van der Waals surface area contributed by atoms with E-state index in [1.165, 1.54) is 29.4 Å². The lowest BCUT2D eigenvalue weighted by molar-refractivity contribution is 0.101. The summed E-state index contributed by atoms with van der Waals surface area (Å²) in [6.45, 7) is 6.17. The van der Waals surface area contributed by atoms with Crippen molar-refractivity contribution in [3.8, 4) is 0 Å². The molecule has 0 spiro atoms. The van der Waals surface area contributed by atoms with Crippen molar-refractivity contribution in [1.82, 2.24) is 0 Å². The van der Waals surface area contributed by atoms with Gasteiger partial charge in [0.2, 0.25) is 0 Å². The molecule has 0 amide bonds. The highest BCUT2D eigenvalue weighted by Gasteiger charge is 2.01. The third-order valence-electron chi connectivity index (χ3n) is 4.58. The highest BCUT2D eigenvalue weighted by atomic mass is 32.2. The largest absolute Gasteiger partial charge is 0.385 e. The molecule has 1 N–H and O–H groups in total. The molecule has 0 saturated carbocycles. The Morgan fingerprint density at radius 1 is 0.818 bits per heavy atom. The second-order valence-electron chi connectivity index (χ2n) is 7.70. The Balaban J connectivity index is 0.000000264. The minimum atomic E-state index is -3.78. The number of methoxy groups -OCH3 is 1. The van der Waals surface area contributed by atoms with Crippen LogP contribution in [-0.2, 0) is 21.3 Å². The minimum Gasteiger partial charge on any atom is -0.385 e. The second-order valence-corrected chi connectivity index (χ2v) is 9.27. The van der Waals surface area contributed by atoms with Crippen LogP contribution in [0.4, 0.5) is 0 Å². The smallest absolute Gasteiger partial charge is 0.264 e. The predicted molar refractivity (Wildman–Crippen MR) is 135 cm³/mol. The van der Waals surface area contributed by atoms with Crippen LogP contribution in [0.3, 0.4) is 0 Å². The van der Waals surface area contributed by atoms with E-state index in [1.807, 2.05) is 30.3 Å². The molecule has 0 aromatic heterocycles. The first-order chi connectivity index (χ1) is 15.6. The third kappa shape index (κ3) is 14.1. The van der Waals surface area contributed by atoms with E-state index in [4.69, 9.17) is 4.55 Å². The summed E-state index contributed by atoms with van der Waals surface area (Å²) in [6, 6.07) is 26.7. The van der Waals surface area contributed by atoms with Gasteiger partial charge in [-0.05, 0) is 44.7 Å². The molecule has 3 aromatic rings. The Labute approximate surface area is 198 Å². The van der Waals surface area contributed by atoms with E-state index in [9.17, 15) is 13.2 Å². The summed E-state index contributed by atoms with van der Waals surface area (Å²) in [5.41, 5.74) is 6.18. The second kappa shape index (κ2) is 15.1. The SMILES string of the molecule is CC(=O)c1ccccc1.COCCCS(=O)(=O)O.Cc1ccc(Cc2ccc(C)cc2)cc1. The first-order valence-electron chi connectivity index (χ1n) is 10.7. The zero-order valence-corrected chi connectivity index (χ0v) is 20.6. The molecular weight excluding hydrogens is 436 g/mol. The lowest BCUT2D eigenvalue weighted by Crippen LogP contribution is -2.05. The highest BCUT2D eigenvalue weighted by molar-refractivity contribution is 7.85. The number of ether oxygens (including phenoxy) is 1. The van der Waals surface area contributed by atoms with E-state index >= 15 is 0 Å². The minimum absolute atomic E-state index is 0.121. The molecule has 0 aliphatic carbocycles. The van der Waals surface area contributed by atoms with Gasteiger partial charge in [-0.1, -0.05) is 90.0 Å². The van der Waals surface area contributed by atoms with Crippen molar-refractivity contribution in [2.45, 2.75) is 33.6 Å². The molecule has 5 nitrogen and oxygen atoms in total. The topological polar surface area (TPSA) is 80.7 Å². The van der Waals surface area contributed by atoms with Crippen LogP contribution in [0.15, 0.2) is 78.9 Å². The van der Waals surface area contributed by atoms with Gasteiger partial charge >= 0.3 is 0 Å². The zero-order chi connectivity index (χ0) is 24.7. The molecular formula is C27H34O5S. The molecule has 0 aliphatic rings. The van der Waals surface area contributed by atoms with Gasteiger partial charge < -0.3 is 4.74 Å². The Bertz CT molecular complexity index is 998. The molecule has 0 atom stereocenters. The molecule has 0 radical (unpaired) electrons. The number of Topliss-reactive ketones (excluding diaryl/α,β-unsaturated/α-hetero) is 1. The average molecular weight is 471 g/mol. The number of rotatable bonds is 7. The normalized spacial score (nSPS) is 10.3. The number of carbonyl (C=O) groups excluding carboxylic acids is 1. The summed E-state index contributed by atoms with van der Waals surface area (Å²) in [4.78, 5) is 10.6. The highest BCUT2D eigenvalue weighted by Crippen LogP contribution is 2.11.